The molecule has 0 aliphatic carbocycles. The molecular weight excluding hydrogens is 168 g/mol. The van der Waals surface area contributed by atoms with E-state index in [2.05, 4.69) is 0 Å². The minimum atomic E-state index is -0.358. The van der Waals surface area contributed by atoms with Crippen LogP contribution < -0.4 is 5.73 Å². The van der Waals surface area contributed by atoms with E-state index in [0.717, 1.165) is 0 Å². The number of amides is 1. The summed E-state index contributed by atoms with van der Waals surface area (Å²) in [7, 11) is 0. The van der Waals surface area contributed by atoms with Crippen molar-refractivity contribution in [2.45, 2.75) is 19.9 Å². The van der Waals surface area contributed by atoms with Gasteiger partial charge in [0.1, 0.15) is 0 Å². The van der Waals surface area contributed by atoms with Crippen molar-refractivity contribution >= 4 is 11.7 Å². The molecule has 13 heavy (non-hydrogen) atoms. The van der Waals surface area contributed by atoms with E-state index in [1.807, 2.05) is 0 Å². The van der Waals surface area contributed by atoms with Gasteiger partial charge in [-0.25, -0.2) is 0 Å². The lowest BCUT2D eigenvalue weighted by Crippen LogP contribution is -2.15. The summed E-state index contributed by atoms with van der Waals surface area (Å²) < 4.78 is 1.73. The summed E-state index contributed by atoms with van der Waals surface area (Å²) in [6.45, 7) is 1.97. The van der Waals surface area contributed by atoms with Gasteiger partial charge in [0.2, 0.25) is 5.91 Å². The van der Waals surface area contributed by atoms with Gasteiger partial charge in [0, 0.05) is 26.1 Å². The molecule has 1 aromatic heterocycles. The molecule has 0 radical (unpaired) electrons. The highest BCUT2D eigenvalue weighted by Gasteiger charge is 2.05. The lowest BCUT2D eigenvalue weighted by Gasteiger charge is -2.04. The predicted molar refractivity (Wildman–Crippen MR) is 48.2 cm³/mol. The predicted octanol–water partition coefficient (Wildman–Crippen LogP) is 0.566. The number of carbonyl (C=O) groups is 2. The van der Waals surface area contributed by atoms with Crippen LogP contribution >= 0.6 is 0 Å². The monoisotopic (exact) mass is 180 g/mol. The third kappa shape index (κ3) is 2.43. The van der Waals surface area contributed by atoms with Crippen molar-refractivity contribution in [3.05, 3.63) is 24.0 Å². The molecule has 70 valence electrons. The molecule has 0 atom stereocenters. The molecule has 1 aromatic rings. The van der Waals surface area contributed by atoms with E-state index < -0.39 is 0 Å². The van der Waals surface area contributed by atoms with Crippen LogP contribution in [0.4, 0.5) is 0 Å². The summed E-state index contributed by atoms with van der Waals surface area (Å²) >= 11 is 0. The average molecular weight is 180 g/mol. The lowest BCUT2D eigenvalue weighted by atomic mass is 10.3. The smallest absolute Gasteiger partial charge is 0.219 e. The molecule has 1 rings (SSSR count). The SMILES string of the molecule is CC(=O)c1cccn1CCC(N)=O. The maximum atomic E-state index is 11.0. The third-order valence-electron chi connectivity index (χ3n) is 1.79. The number of carbonyl (C=O) groups excluding carboxylic acids is 2. The second kappa shape index (κ2) is 3.89. The van der Waals surface area contributed by atoms with Crippen LogP contribution in [0.15, 0.2) is 18.3 Å². The minimum Gasteiger partial charge on any atom is -0.370 e. The van der Waals surface area contributed by atoms with Crippen LogP contribution in [-0.4, -0.2) is 16.3 Å². The van der Waals surface area contributed by atoms with Crippen LogP contribution in [0.3, 0.4) is 0 Å². The van der Waals surface area contributed by atoms with E-state index >= 15 is 0 Å². The van der Waals surface area contributed by atoms with Crippen molar-refractivity contribution in [2.75, 3.05) is 0 Å². The van der Waals surface area contributed by atoms with Gasteiger partial charge in [0.15, 0.2) is 5.78 Å². The van der Waals surface area contributed by atoms with E-state index in [-0.39, 0.29) is 18.1 Å². The van der Waals surface area contributed by atoms with Crippen LogP contribution in [0, 0.1) is 0 Å². The fraction of sp³-hybridized carbons (Fsp3) is 0.333. The van der Waals surface area contributed by atoms with Crippen LogP contribution in [0.5, 0.6) is 0 Å². The highest BCUT2D eigenvalue weighted by atomic mass is 16.1. The molecule has 2 N–H and O–H groups in total. The topological polar surface area (TPSA) is 65.1 Å². The Morgan fingerprint density at radius 2 is 2.23 bits per heavy atom. The fourth-order valence-electron chi connectivity index (χ4n) is 1.16. The van der Waals surface area contributed by atoms with Gasteiger partial charge in [-0.1, -0.05) is 0 Å². The third-order valence-corrected chi connectivity index (χ3v) is 1.79. The second-order valence-electron chi connectivity index (χ2n) is 2.86. The summed E-state index contributed by atoms with van der Waals surface area (Å²) in [5.74, 6) is -0.363. The molecule has 0 aliphatic rings. The zero-order valence-electron chi connectivity index (χ0n) is 7.49. The van der Waals surface area contributed by atoms with E-state index in [9.17, 15) is 9.59 Å². The zero-order valence-corrected chi connectivity index (χ0v) is 7.49. The Balaban J connectivity index is 2.71. The molecular formula is C9H12N2O2. The first kappa shape index (κ1) is 9.51. The van der Waals surface area contributed by atoms with E-state index in [0.29, 0.717) is 12.2 Å². The molecule has 1 amide bonds. The van der Waals surface area contributed by atoms with Crippen molar-refractivity contribution in [1.82, 2.24) is 4.57 Å². The van der Waals surface area contributed by atoms with Crippen LogP contribution in [0.25, 0.3) is 0 Å². The Labute approximate surface area is 76.3 Å². The minimum absolute atomic E-state index is 0.00512. The fourth-order valence-corrected chi connectivity index (χ4v) is 1.16. The Bertz CT molecular complexity index is 328. The van der Waals surface area contributed by atoms with Crippen molar-refractivity contribution < 1.29 is 9.59 Å². The molecule has 1 heterocycles. The number of aromatic nitrogens is 1. The number of Topliss-reactive ketones (excluding diaryl/α,β-unsaturated/α-hetero) is 1. The number of ketones is 1. The first-order chi connectivity index (χ1) is 6.11. The number of hydrogen-bond donors (Lipinski definition) is 1. The van der Waals surface area contributed by atoms with Gasteiger partial charge in [-0.3, -0.25) is 9.59 Å². The van der Waals surface area contributed by atoms with Gasteiger partial charge in [-0.15, -0.1) is 0 Å². The Morgan fingerprint density at radius 1 is 1.54 bits per heavy atom. The number of hydrogen-bond acceptors (Lipinski definition) is 2. The maximum absolute atomic E-state index is 11.0. The van der Waals surface area contributed by atoms with Crippen molar-refractivity contribution in [3.8, 4) is 0 Å². The normalized spacial score (nSPS) is 9.92. The summed E-state index contributed by atoms with van der Waals surface area (Å²) in [4.78, 5) is 21.5. The van der Waals surface area contributed by atoms with Crippen molar-refractivity contribution in [1.29, 1.82) is 0 Å². The molecule has 4 heteroatoms. The van der Waals surface area contributed by atoms with Gasteiger partial charge >= 0.3 is 0 Å². The molecule has 0 saturated carbocycles. The van der Waals surface area contributed by atoms with Crippen molar-refractivity contribution in [3.63, 3.8) is 0 Å². The zero-order chi connectivity index (χ0) is 9.84. The standard InChI is InChI=1S/C9H12N2O2/c1-7(12)8-3-2-5-11(8)6-4-9(10)13/h2-3,5H,4,6H2,1H3,(H2,10,13). The van der Waals surface area contributed by atoms with Crippen molar-refractivity contribution in [2.24, 2.45) is 5.73 Å². The van der Waals surface area contributed by atoms with Gasteiger partial charge in [-0.05, 0) is 12.1 Å². The van der Waals surface area contributed by atoms with Gasteiger partial charge in [0.05, 0.1) is 5.69 Å². The first-order valence-electron chi connectivity index (χ1n) is 4.05. The van der Waals surface area contributed by atoms with E-state index in [1.54, 1.807) is 22.9 Å². The molecule has 0 unspecified atom stereocenters. The van der Waals surface area contributed by atoms with Crippen LogP contribution in [0.2, 0.25) is 0 Å². The second-order valence-corrected chi connectivity index (χ2v) is 2.86. The number of rotatable bonds is 4. The summed E-state index contributed by atoms with van der Waals surface area (Å²) in [6.07, 6.45) is 2.02. The van der Waals surface area contributed by atoms with Gasteiger partial charge in [-0.2, -0.15) is 0 Å². The summed E-state index contributed by atoms with van der Waals surface area (Å²) in [5.41, 5.74) is 5.61. The highest BCUT2D eigenvalue weighted by molar-refractivity contribution is 5.92. The quantitative estimate of drug-likeness (QED) is 0.688. The molecule has 4 nitrogen and oxygen atoms in total. The Hall–Kier alpha value is -1.58. The van der Waals surface area contributed by atoms with Gasteiger partial charge < -0.3 is 10.3 Å². The average Bonchev–Trinajstić information content (AvgIpc) is 2.47. The molecule has 0 spiro atoms. The number of primary amides is 1. The first-order valence-corrected chi connectivity index (χ1v) is 4.05. The van der Waals surface area contributed by atoms with E-state index in [4.69, 9.17) is 5.73 Å². The van der Waals surface area contributed by atoms with E-state index in [1.165, 1.54) is 6.92 Å². The molecule has 0 aromatic carbocycles. The highest BCUT2D eigenvalue weighted by Crippen LogP contribution is 2.03. The number of nitrogens with zero attached hydrogens (tertiary/aromatic N) is 1. The number of aryl methyl sites for hydroxylation is 1. The van der Waals surface area contributed by atoms with Crippen LogP contribution in [-0.2, 0) is 11.3 Å². The Kier molecular flexibility index (Phi) is 2.84. The number of nitrogens with two attached hydrogens (primary N) is 1. The molecule has 0 saturated heterocycles. The molecule has 0 bridgehead atoms. The lowest BCUT2D eigenvalue weighted by molar-refractivity contribution is -0.118. The van der Waals surface area contributed by atoms with Crippen LogP contribution in [0.1, 0.15) is 23.8 Å². The summed E-state index contributed by atoms with van der Waals surface area (Å²) in [5, 5.41) is 0. The molecule has 0 fully saturated rings. The maximum Gasteiger partial charge on any atom is 0.219 e. The molecule has 0 aliphatic heterocycles. The largest absolute Gasteiger partial charge is 0.370 e. The Morgan fingerprint density at radius 3 is 2.77 bits per heavy atom. The van der Waals surface area contributed by atoms with Gasteiger partial charge in [0.25, 0.3) is 0 Å². The summed E-state index contributed by atoms with van der Waals surface area (Å²) in [6, 6.07) is 3.50.